The molecule has 1 amide bonds. The average molecular weight is 355 g/mol. The SMILES string of the molecule is C[C@@H]1CN(C(=O)CCOc2ccc(S(C)(=O)=O)cc2)C[C@H]1C(=O)O. The van der Waals surface area contributed by atoms with Gasteiger partial charge in [-0.1, -0.05) is 6.92 Å². The molecule has 0 aliphatic carbocycles. The number of sulfone groups is 1. The van der Waals surface area contributed by atoms with Crippen LogP contribution in [0, 0.1) is 11.8 Å². The summed E-state index contributed by atoms with van der Waals surface area (Å²) in [5, 5.41) is 9.08. The lowest BCUT2D eigenvalue weighted by Gasteiger charge is -2.16. The largest absolute Gasteiger partial charge is 0.493 e. The molecular formula is C16H21NO6S. The first-order valence-electron chi connectivity index (χ1n) is 7.62. The van der Waals surface area contributed by atoms with Gasteiger partial charge in [0.05, 0.1) is 23.8 Å². The molecule has 2 rings (SSSR count). The molecular weight excluding hydrogens is 334 g/mol. The van der Waals surface area contributed by atoms with Gasteiger partial charge in [-0.15, -0.1) is 0 Å². The van der Waals surface area contributed by atoms with Gasteiger partial charge in [-0.2, -0.15) is 0 Å². The quantitative estimate of drug-likeness (QED) is 0.818. The predicted molar refractivity (Wildman–Crippen MR) is 86.5 cm³/mol. The third kappa shape index (κ3) is 4.47. The molecule has 8 heteroatoms. The first-order chi connectivity index (χ1) is 11.2. The zero-order chi connectivity index (χ0) is 17.9. The second kappa shape index (κ2) is 7.21. The van der Waals surface area contributed by atoms with Crippen LogP contribution in [0.15, 0.2) is 29.2 Å². The number of nitrogens with zero attached hydrogens (tertiary/aromatic N) is 1. The lowest BCUT2D eigenvalue weighted by atomic mass is 9.99. The molecule has 0 saturated carbocycles. The minimum atomic E-state index is -3.25. The molecule has 2 atom stereocenters. The highest BCUT2D eigenvalue weighted by Crippen LogP contribution is 2.23. The molecule has 7 nitrogen and oxygen atoms in total. The molecule has 1 aliphatic rings. The van der Waals surface area contributed by atoms with Crippen molar-refractivity contribution in [1.82, 2.24) is 4.90 Å². The maximum atomic E-state index is 12.1. The Morgan fingerprint density at radius 3 is 2.38 bits per heavy atom. The topological polar surface area (TPSA) is 101 Å². The molecule has 1 N–H and O–H groups in total. The number of likely N-dealkylation sites (tertiary alicyclic amines) is 1. The number of carboxylic acids is 1. The van der Waals surface area contributed by atoms with Crippen molar-refractivity contribution in [2.24, 2.45) is 11.8 Å². The number of hydrogen-bond donors (Lipinski definition) is 1. The smallest absolute Gasteiger partial charge is 0.308 e. The minimum Gasteiger partial charge on any atom is -0.493 e. The summed E-state index contributed by atoms with van der Waals surface area (Å²) in [6.45, 7) is 2.66. The summed E-state index contributed by atoms with van der Waals surface area (Å²) in [5.74, 6) is -1.11. The molecule has 0 aromatic heterocycles. The monoisotopic (exact) mass is 355 g/mol. The summed E-state index contributed by atoms with van der Waals surface area (Å²) in [6, 6.07) is 5.98. The van der Waals surface area contributed by atoms with Gasteiger partial charge in [-0.05, 0) is 30.2 Å². The van der Waals surface area contributed by atoms with Gasteiger partial charge in [-0.3, -0.25) is 9.59 Å². The van der Waals surface area contributed by atoms with Gasteiger partial charge in [0.2, 0.25) is 5.91 Å². The van der Waals surface area contributed by atoms with Crippen LogP contribution in [0.25, 0.3) is 0 Å². The number of aliphatic carboxylic acids is 1. The molecule has 132 valence electrons. The van der Waals surface area contributed by atoms with Crippen molar-refractivity contribution in [3.63, 3.8) is 0 Å². The second-order valence-corrected chi connectivity index (χ2v) is 8.08. The van der Waals surface area contributed by atoms with Crippen LogP contribution in [0.4, 0.5) is 0 Å². The Bertz CT molecular complexity index is 713. The van der Waals surface area contributed by atoms with Crippen LogP contribution in [0.3, 0.4) is 0 Å². The maximum absolute atomic E-state index is 12.1. The van der Waals surface area contributed by atoms with E-state index in [2.05, 4.69) is 0 Å². The fourth-order valence-electron chi connectivity index (χ4n) is 2.69. The summed E-state index contributed by atoms with van der Waals surface area (Å²) in [7, 11) is -3.25. The standard InChI is InChI=1S/C16H21NO6S/c1-11-9-17(10-14(11)16(19)20)15(18)7-8-23-12-3-5-13(6-4-12)24(2,21)22/h3-6,11,14H,7-10H2,1-2H3,(H,19,20)/t11-,14-/m1/s1. The van der Waals surface area contributed by atoms with Crippen molar-refractivity contribution in [3.8, 4) is 5.75 Å². The van der Waals surface area contributed by atoms with Crippen molar-refractivity contribution in [2.45, 2.75) is 18.2 Å². The number of carbonyl (C=O) groups excluding carboxylic acids is 1. The molecule has 1 saturated heterocycles. The van der Waals surface area contributed by atoms with Gasteiger partial charge in [0, 0.05) is 19.3 Å². The van der Waals surface area contributed by atoms with Crippen LogP contribution < -0.4 is 4.74 Å². The average Bonchev–Trinajstić information content (AvgIpc) is 2.89. The van der Waals surface area contributed by atoms with Crippen LogP contribution in [0.1, 0.15) is 13.3 Å². The van der Waals surface area contributed by atoms with E-state index in [0.717, 1.165) is 6.26 Å². The minimum absolute atomic E-state index is 0.0593. The molecule has 1 aliphatic heterocycles. The number of ether oxygens (including phenoxy) is 1. The molecule has 0 unspecified atom stereocenters. The molecule has 24 heavy (non-hydrogen) atoms. The third-order valence-electron chi connectivity index (χ3n) is 4.12. The van der Waals surface area contributed by atoms with E-state index in [4.69, 9.17) is 9.84 Å². The highest BCUT2D eigenvalue weighted by Gasteiger charge is 2.36. The van der Waals surface area contributed by atoms with Crippen molar-refractivity contribution in [1.29, 1.82) is 0 Å². The van der Waals surface area contributed by atoms with E-state index in [0.29, 0.717) is 12.3 Å². The van der Waals surface area contributed by atoms with E-state index in [1.165, 1.54) is 12.1 Å². The number of hydrogen-bond acceptors (Lipinski definition) is 5. The first-order valence-corrected chi connectivity index (χ1v) is 9.51. The highest BCUT2D eigenvalue weighted by atomic mass is 32.2. The van der Waals surface area contributed by atoms with Gasteiger partial charge >= 0.3 is 5.97 Å². The number of carboxylic acid groups (broad SMARTS) is 1. The fourth-order valence-corrected chi connectivity index (χ4v) is 3.32. The van der Waals surface area contributed by atoms with Gasteiger partial charge in [0.15, 0.2) is 9.84 Å². The van der Waals surface area contributed by atoms with Crippen molar-refractivity contribution in [3.05, 3.63) is 24.3 Å². The number of benzene rings is 1. The number of rotatable bonds is 6. The van der Waals surface area contributed by atoms with Gasteiger partial charge < -0.3 is 14.7 Å². The van der Waals surface area contributed by atoms with Crippen LogP contribution in [0.2, 0.25) is 0 Å². The Hall–Kier alpha value is -2.09. The third-order valence-corrected chi connectivity index (χ3v) is 5.25. The summed E-state index contributed by atoms with van der Waals surface area (Å²) in [5.41, 5.74) is 0. The van der Waals surface area contributed by atoms with Crippen molar-refractivity contribution >= 4 is 21.7 Å². The summed E-state index contributed by atoms with van der Waals surface area (Å²) >= 11 is 0. The normalized spacial score (nSPS) is 20.8. The van der Waals surface area contributed by atoms with E-state index < -0.39 is 21.7 Å². The Morgan fingerprint density at radius 1 is 1.25 bits per heavy atom. The van der Waals surface area contributed by atoms with Crippen LogP contribution in [0.5, 0.6) is 5.75 Å². The summed E-state index contributed by atoms with van der Waals surface area (Å²) in [4.78, 5) is 24.9. The second-order valence-electron chi connectivity index (χ2n) is 6.06. The highest BCUT2D eigenvalue weighted by molar-refractivity contribution is 7.90. The zero-order valence-electron chi connectivity index (χ0n) is 13.6. The van der Waals surface area contributed by atoms with Crippen molar-refractivity contribution < 1.29 is 27.9 Å². The van der Waals surface area contributed by atoms with Crippen LogP contribution in [-0.4, -0.2) is 56.3 Å². The summed E-state index contributed by atoms with van der Waals surface area (Å²) in [6.07, 6.45) is 1.27. The molecule has 1 fully saturated rings. The van der Waals surface area contributed by atoms with Crippen molar-refractivity contribution in [2.75, 3.05) is 26.0 Å². The zero-order valence-corrected chi connectivity index (χ0v) is 14.5. The van der Waals surface area contributed by atoms with Gasteiger partial charge in [0.25, 0.3) is 0 Å². The number of amides is 1. The Labute approximate surface area is 141 Å². The fraction of sp³-hybridized carbons (Fsp3) is 0.500. The molecule has 0 spiro atoms. The molecule has 1 aromatic carbocycles. The van der Waals surface area contributed by atoms with Gasteiger partial charge in [0.1, 0.15) is 5.75 Å². The maximum Gasteiger partial charge on any atom is 0.308 e. The van der Waals surface area contributed by atoms with E-state index >= 15 is 0 Å². The first kappa shape index (κ1) is 18.3. The van der Waals surface area contributed by atoms with Crippen LogP contribution in [-0.2, 0) is 19.4 Å². The lowest BCUT2D eigenvalue weighted by Crippen LogP contribution is -2.30. The number of carbonyl (C=O) groups is 2. The van der Waals surface area contributed by atoms with Gasteiger partial charge in [-0.25, -0.2) is 8.42 Å². The molecule has 1 aromatic rings. The summed E-state index contributed by atoms with van der Waals surface area (Å²) < 4.78 is 28.2. The Balaban J connectivity index is 1.82. The van der Waals surface area contributed by atoms with E-state index in [1.807, 2.05) is 6.92 Å². The molecule has 1 heterocycles. The Morgan fingerprint density at radius 2 is 1.88 bits per heavy atom. The predicted octanol–water partition coefficient (Wildman–Crippen LogP) is 1.04. The molecule has 0 radical (unpaired) electrons. The van der Waals surface area contributed by atoms with Crippen LogP contribution >= 0.6 is 0 Å². The van der Waals surface area contributed by atoms with E-state index in [9.17, 15) is 18.0 Å². The Kier molecular flexibility index (Phi) is 5.48. The van der Waals surface area contributed by atoms with E-state index in [-0.39, 0.29) is 36.3 Å². The van der Waals surface area contributed by atoms with E-state index in [1.54, 1.807) is 17.0 Å². The molecule has 0 bridgehead atoms. The lowest BCUT2D eigenvalue weighted by molar-refractivity contribution is -0.142.